The lowest BCUT2D eigenvalue weighted by molar-refractivity contribution is 0.897. The van der Waals surface area contributed by atoms with Crippen molar-refractivity contribution in [2.75, 3.05) is 5.75 Å². The molecule has 1 heterocycles. The maximum absolute atomic E-state index is 4.57. The molecule has 0 radical (unpaired) electrons. The van der Waals surface area contributed by atoms with Crippen LogP contribution in [0.25, 0.3) is 0 Å². The van der Waals surface area contributed by atoms with Crippen molar-refractivity contribution in [3.8, 4) is 0 Å². The molecule has 1 aliphatic carbocycles. The third-order valence-corrected chi connectivity index (χ3v) is 4.72. The number of allylic oxidation sites excluding steroid dienone is 1. The van der Waals surface area contributed by atoms with E-state index in [4.69, 9.17) is 0 Å². The summed E-state index contributed by atoms with van der Waals surface area (Å²) in [4.78, 5) is 8.94. The molecule has 0 aromatic carbocycles. The minimum Gasteiger partial charge on any atom is -0.230 e. The van der Waals surface area contributed by atoms with Gasteiger partial charge in [0.25, 0.3) is 0 Å². The van der Waals surface area contributed by atoms with Gasteiger partial charge in [-0.2, -0.15) is 0 Å². The first kappa shape index (κ1) is 12.0. The van der Waals surface area contributed by atoms with Crippen molar-refractivity contribution in [3.05, 3.63) is 29.6 Å². The molecule has 1 aromatic heterocycles. The second-order valence-electron chi connectivity index (χ2n) is 3.99. The molecule has 86 valence electrons. The first-order chi connectivity index (χ1) is 7.79. The van der Waals surface area contributed by atoms with Gasteiger partial charge in [0, 0.05) is 18.4 Å². The van der Waals surface area contributed by atoms with Crippen molar-refractivity contribution in [1.29, 1.82) is 0 Å². The van der Waals surface area contributed by atoms with E-state index in [-0.39, 0.29) is 0 Å². The highest BCUT2D eigenvalue weighted by molar-refractivity contribution is 8.76. The minimum atomic E-state index is 0.898. The summed E-state index contributed by atoms with van der Waals surface area (Å²) in [5.41, 5.74) is 3.69. The molecule has 16 heavy (non-hydrogen) atoms. The van der Waals surface area contributed by atoms with Gasteiger partial charge in [0.15, 0.2) is 5.16 Å². The van der Waals surface area contributed by atoms with Crippen LogP contribution < -0.4 is 0 Å². The molecule has 0 saturated carbocycles. The van der Waals surface area contributed by atoms with Crippen LogP contribution in [-0.4, -0.2) is 15.7 Å². The number of rotatable bonds is 5. The summed E-state index contributed by atoms with van der Waals surface area (Å²) in [5, 5.41) is 0.898. The summed E-state index contributed by atoms with van der Waals surface area (Å²) in [6.45, 7) is 6.22. The van der Waals surface area contributed by atoms with E-state index in [2.05, 4.69) is 23.5 Å². The average Bonchev–Trinajstić information content (AvgIpc) is 2.64. The molecule has 0 atom stereocenters. The average molecular weight is 252 g/mol. The molecule has 0 N–H and O–H groups in total. The lowest BCUT2D eigenvalue weighted by atomic mass is 10.2. The molecule has 0 bridgehead atoms. The van der Waals surface area contributed by atoms with E-state index in [1.165, 1.54) is 35.4 Å². The number of aromatic nitrogens is 2. The summed E-state index contributed by atoms with van der Waals surface area (Å²) in [6.07, 6.45) is 6.37. The van der Waals surface area contributed by atoms with Gasteiger partial charge >= 0.3 is 0 Å². The normalized spacial score (nSPS) is 14.2. The fraction of sp³-hybridized carbons (Fsp3) is 0.500. The van der Waals surface area contributed by atoms with Crippen LogP contribution in [0.4, 0.5) is 0 Å². The van der Waals surface area contributed by atoms with Crippen LogP contribution >= 0.6 is 21.6 Å². The zero-order chi connectivity index (χ0) is 11.4. The van der Waals surface area contributed by atoms with Crippen LogP contribution in [-0.2, 0) is 12.8 Å². The van der Waals surface area contributed by atoms with Crippen LogP contribution in [0.2, 0.25) is 0 Å². The minimum absolute atomic E-state index is 0.898. The Balaban J connectivity index is 1.92. The number of unbranched alkanes of at least 4 members (excludes halogenated alkanes) is 1. The quantitative estimate of drug-likeness (QED) is 0.345. The molecular weight excluding hydrogens is 236 g/mol. The summed E-state index contributed by atoms with van der Waals surface area (Å²) in [7, 11) is 3.54. The molecule has 0 unspecified atom stereocenters. The summed E-state index contributed by atoms with van der Waals surface area (Å²) < 4.78 is 0. The Morgan fingerprint density at radius 2 is 2.31 bits per heavy atom. The number of hydrogen-bond donors (Lipinski definition) is 0. The number of nitrogens with zero attached hydrogens (tertiary/aromatic N) is 2. The Hall–Kier alpha value is -0.480. The van der Waals surface area contributed by atoms with Gasteiger partial charge in [-0.3, -0.25) is 0 Å². The van der Waals surface area contributed by atoms with Crippen LogP contribution in [0.5, 0.6) is 0 Å². The fourth-order valence-corrected chi connectivity index (χ4v) is 3.63. The second-order valence-corrected chi connectivity index (χ2v) is 6.37. The molecule has 0 saturated heterocycles. The Morgan fingerprint density at radius 1 is 1.44 bits per heavy atom. The Kier molecular flexibility index (Phi) is 4.29. The smallest absolute Gasteiger partial charge is 0.198 e. The fourth-order valence-electron chi connectivity index (χ4n) is 1.63. The number of hydrogen-bond acceptors (Lipinski definition) is 4. The van der Waals surface area contributed by atoms with Gasteiger partial charge in [-0.05, 0) is 29.2 Å². The molecule has 2 nitrogen and oxygen atoms in total. The van der Waals surface area contributed by atoms with Crippen LogP contribution in [0, 0.1) is 0 Å². The Morgan fingerprint density at radius 3 is 3.12 bits per heavy atom. The van der Waals surface area contributed by atoms with E-state index in [1.54, 1.807) is 10.8 Å². The Bertz CT molecular complexity index is 391. The predicted molar refractivity (Wildman–Crippen MR) is 71.8 cm³/mol. The van der Waals surface area contributed by atoms with Crippen LogP contribution in [0.1, 0.15) is 31.0 Å². The molecule has 1 aromatic rings. The van der Waals surface area contributed by atoms with Crippen LogP contribution in [0.3, 0.4) is 0 Å². The topological polar surface area (TPSA) is 25.8 Å². The molecule has 0 spiro atoms. The lowest BCUT2D eigenvalue weighted by Crippen LogP contribution is -1.92. The zero-order valence-corrected chi connectivity index (χ0v) is 11.2. The Labute approximate surface area is 105 Å². The monoisotopic (exact) mass is 252 g/mol. The first-order valence-electron chi connectivity index (χ1n) is 5.60. The van der Waals surface area contributed by atoms with E-state index in [9.17, 15) is 0 Å². The van der Waals surface area contributed by atoms with Gasteiger partial charge in [-0.1, -0.05) is 36.3 Å². The van der Waals surface area contributed by atoms with Gasteiger partial charge in [0.2, 0.25) is 0 Å². The van der Waals surface area contributed by atoms with Crippen molar-refractivity contribution in [1.82, 2.24) is 9.97 Å². The van der Waals surface area contributed by atoms with Crippen molar-refractivity contribution in [2.24, 2.45) is 0 Å². The predicted octanol–water partition coefficient (Wildman–Crippen LogP) is 3.67. The van der Waals surface area contributed by atoms with E-state index in [0.29, 0.717) is 0 Å². The standard InChI is InChI=1S/C12H16N2S2/c1-3-4-5-15-16-12-13-8-10-6-9(2)7-11(10)14-12/h8H,2-7H2,1H3. The SMILES string of the molecule is C=C1Cc2cnc(SSCCCC)nc2C1. The van der Waals surface area contributed by atoms with E-state index in [0.717, 1.165) is 18.0 Å². The van der Waals surface area contributed by atoms with Crippen molar-refractivity contribution >= 4 is 21.6 Å². The third kappa shape index (κ3) is 3.01. The van der Waals surface area contributed by atoms with Crippen molar-refractivity contribution in [2.45, 2.75) is 37.8 Å². The lowest BCUT2D eigenvalue weighted by Gasteiger charge is -2.01. The number of fused-ring (bicyclic) bond motifs is 1. The summed E-state index contributed by atoms with van der Waals surface area (Å²) in [5.74, 6) is 1.17. The van der Waals surface area contributed by atoms with Crippen molar-refractivity contribution in [3.63, 3.8) is 0 Å². The molecule has 2 rings (SSSR count). The van der Waals surface area contributed by atoms with E-state index < -0.39 is 0 Å². The highest BCUT2D eigenvalue weighted by Crippen LogP contribution is 2.31. The highest BCUT2D eigenvalue weighted by atomic mass is 33.1. The van der Waals surface area contributed by atoms with E-state index >= 15 is 0 Å². The molecule has 0 amide bonds. The third-order valence-electron chi connectivity index (χ3n) is 2.50. The molecule has 4 heteroatoms. The van der Waals surface area contributed by atoms with Gasteiger partial charge in [0.1, 0.15) is 0 Å². The maximum atomic E-state index is 4.57. The van der Waals surface area contributed by atoms with Gasteiger partial charge in [0.05, 0.1) is 5.69 Å². The summed E-state index contributed by atoms with van der Waals surface area (Å²) in [6, 6.07) is 0. The molecule has 1 aliphatic rings. The first-order valence-corrected chi connectivity index (χ1v) is 7.92. The second kappa shape index (κ2) is 5.73. The van der Waals surface area contributed by atoms with Crippen LogP contribution in [0.15, 0.2) is 23.5 Å². The zero-order valence-electron chi connectivity index (χ0n) is 9.53. The molecular formula is C12H16N2S2. The largest absolute Gasteiger partial charge is 0.230 e. The highest BCUT2D eigenvalue weighted by Gasteiger charge is 2.16. The van der Waals surface area contributed by atoms with Gasteiger partial charge in [-0.25, -0.2) is 9.97 Å². The molecule has 0 aliphatic heterocycles. The summed E-state index contributed by atoms with van der Waals surface area (Å²) >= 11 is 0. The van der Waals surface area contributed by atoms with Gasteiger partial charge in [-0.15, -0.1) is 0 Å². The molecule has 0 fully saturated rings. The van der Waals surface area contributed by atoms with Crippen molar-refractivity contribution < 1.29 is 0 Å². The van der Waals surface area contributed by atoms with E-state index in [1.807, 2.05) is 17.0 Å². The van der Waals surface area contributed by atoms with Gasteiger partial charge < -0.3 is 0 Å². The maximum Gasteiger partial charge on any atom is 0.198 e.